The van der Waals surface area contributed by atoms with Gasteiger partial charge in [-0.25, -0.2) is 4.39 Å². The van der Waals surface area contributed by atoms with Crippen molar-refractivity contribution in [1.82, 2.24) is 0 Å². The molecule has 2 aromatic rings. The molecule has 1 N–H and O–H groups in total. The molecule has 1 unspecified atom stereocenters. The molecule has 0 saturated heterocycles. The number of benzene rings is 2. The number of aliphatic imine (C=N–C) groups is 1. The molecule has 0 radical (unpaired) electrons. The lowest BCUT2D eigenvalue weighted by Gasteiger charge is -2.35. The number of amides is 1. The average Bonchev–Trinajstić information content (AvgIpc) is 2.69. The van der Waals surface area contributed by atoms with Gasteiger partial charge in [0.15, 0.2) is 5.78 Å². The normalized spacial score (nSPS) is 21.5. The van der Waals surface area contributed by atoms with Gasteiger partial charge < -0.3 is 5.32 Å². The Hall–Kier alpha value is -3.08. The van der Waals surface area contributed by atoms with Crippen LogP contribution in [0.25, 0.3) is 0 Å². The van der Waals surface area contributed by atoms with E-state index < -0.39 is 11.8 Å². The van der Waals surface area contributed by atoms with Crippen molar-refractivity contribution in [2.24, 2.45) is 10.9 Å². The number of Topliss-reactive ketones (excluding diaryl/α,β-unsaturated/α-hetero) is 1. The molecule has 2 atom stereocenters. The minimum absolute atomic E-state index is 0.0329. The molecule has 1 heterocycles. The van der Waals surface area contributed by atoms with Crippen LogP contribution in [0.3, 0.4) is 0 Å². The van der Waals surface area contributed by atoms with Crippen LogP contribution in [0.2, 0.25) is 0 Å². The van der Waals surface area contributed by atoms with Gasteiger partial charge in [0.25, 0.3) is 0 Å². The van der Waals surface area contributed by atoms with Gasteiger partial charge in [0.2, 0.25) is 5.91 Å². The molecule has 29 heavy (non-hydrogen) atoms. The lowest BCUT2D eigenvalue weighted by atomic mass is 9.71. The summed E-state index contributed by atoms with van der Waals surface area (Å²) < 4.78 is 13.5. The van der Waals surface area contributed by atoms with Crippen molar-refractivity contribution in [3.05, 3.63) is 76.7 Å². The van der Waals surface area contributed by atoms with Crippen LogP contribution < -0.4 is 5.32 Å². The zero-order valence-electron chi connectivity index (χ0n) is 16.5. The first-order chi connectivity index (χ1) is 14.0. The SMILES string of the molecule is CC1=NC2=C(C(=O)CCC2)[C@H](c2ccc(F)cc2)C1C(=O)Nc1ccccc1C. The summed E-state index contributed by atoms with van der Waals surface area (Å²) in [5.74, 6) is -1.61. The third-order valence-corrected chi connectivity index (χ3v) is 5.75. The number of hydrogen-bond acceptors (Lipinski definition) is 3. The molecular weight excluding hydrogens is 367 g/mol. The van der Waals surface area contributed by atoms with Crippen molar-refractivity contribution < 1.29 is 14.0 Å². The average molecular weight is 390 g/mol. The number of halogens is 1. The van der Waals surface area contributed by atoms with Gasteiger partial charge in [-0.3, -0.25) is 14.6 Å². The van der Waals surface area contributed by atoms with Crippen molar-refractivity contribution in [1.29, 1.82) is 0 Å². The Morgan fingerprint density at radius 3 is 2.52 bits per heavy atom. The molecule has 0 spiro atoms. The van der Waals surface area contributed by atoms with E-state index in [1.165, 1.54) is 12.1 Å². The lowest BCUT2D eigenvalue weighted by Crippen LogP contribution is -2.39. The van der Waals surface area contributed by atoms with Gasteiger partial charge in [-0.2, -0.15) is 0 Å². The van der Waals surface area contributed by atoms with E-state index in [-0.39, 0.29) is 17.5 Å². The van der Waals surface area contributed by atoms with Gasteiger partial charge >= 0.3 is 0 Å². The fraction of sp³-hybridized carbons (Fsp3) is 0.292. The standard InChI is InChI=1S/C24H23FN2O2/c1-14-6-3-4-7-18(14)27-24(29)21-15(2)26-19-8-5-9-20(28)23(19)22(21)16-10-12-17(25)13-11-16/h3-4,6-7,10-13,21-22H,5,8-9H2,1-2H3,(H,27,29)/t21?,22-/m1/s1. The number of allylic oxidation sites excluding steroid dienone is 2. The number of rotatable bonds is 3. The number of aryl methyl sites for hydroxylation is 1. The third-order valence-electron chi connectivity index (χ3n) is 5.75. The Kier molecular flexibility index (Phi) is 5.14. The van der Waals surface area contributed by atoms with E-state index in [0.717, 1.165) is 35.4 Å². The molecular formula is C24H23FN2O2. The lowest BCUT2D eigenvalue weighted by molar-refractivity contribution is -0.119. The molecule has 0 aromatic heterocycles. The molecule has 4 nitrogen and oxygen atoms in total. The van der Waals surface area contributed by atoms with Gasteiger partial charge in [-0.05, 0) is 56.0 Å². The fourth-order valence-electron chi connectivity index (χ4n) is 4.30. The van der Waals surface area contributed by atoms with Crippen LogP contribution in [0.15, 0.2) is 64.8 Å². The number of nitrogens with one attached hydrogen (secondary N) is 1. The Balaban J connectivity index is 1.78. The molecule has 4 rings (SSSR count). The molecule has 1 amide bonds. The Morgan fingerprint density at radius 2 is 1.79 bits per heavy atom. The summed E-state index contributed by atoms with van der Waals surface area (Å²) >= 11 is 0. The minimum Gasteiger partial charge on any atom is -0.325 e. The summed E-state index contributed by atoms with van der Waals surface area (Å²) in [5, 5.41) is 3.00. The maximum atomic E-state index is 13.5. The van der Waals surface area contributed by atoms with Gasteiger partial charge in [-0.15, -0.1) is 0 Å². The number of hydrogen-bond donors (Lipinski definition) is 1. The van der Waals surface area contributed by atoms with Crippen LogP contribution in [0.4, 0.5) is 10.1 Å². The van der Waals surface area contributed by atoms with Gasteiger partial charge in [-0.1, -0.05) is 30.3 Å². The van der Waals surface area contributed by atoms with E-state index in [9.17, 15) is 14.0 Å². The molecule has 5 heteroatoms. The first-order valence-corrected chi connectivity index (χ1v) is 9.89. The first-order valence-electron chi connectivity index (χ1n) is 9.89. The predicted molar refractivity (Wildman–Crippen MR) is 111 cm³/mol. The van der Waals surface area contributed by atoms with E-state index >= 15 is 0 Å². The summed E-state index contributed by atoms with van der Waals surface area (Å²) in [7, 11) is 0. The Morgan fingerprint density at radius 1 is 1.07 bits per heavy atom. The Labute approximate surface area is 169 Å². The quantitative estimate of drug-likeness (QED) is 0.806. The van der Waals surface area contributed by atoms with Crippen LogP contribution in [-0.4, -0.2) is 17.4 Å². The van der Waals surface area contributed by atoms with Crippen LogP contribution >= 0.6 is 0 Å². The highest BCUT2D eigenvalue weighted by Gasteiger charge is 2.42. The molecule has 2 aromatic carbocycles. The van der Waals surface area contributed by atoms with Gasteiger partial charge in [0, 0.05) is 35.0 Å². The monoisotopic (exact) mass is 390 g/mol. The molecule has 1 aliphatic heterocycles. The highest BCUT2D eigenvalue weighted by Crippen LogP contribution is 2.43. The molecule has 1 aliphatic carbocycles. The largest absolute Gasteiger partial charge is 0.325 e. The first kappa shape index (κ1) is 19.2. The number of carbonyl (C=O) groups excluding carboxylic acids is 2. The van der Waals surface area contributed by atoms with E-state index in [2.05, 4.69) is 10.3 Å². The van der Waals surface area contributed by atoms with Crippen molar-refractivity contribution >= 4 is 23.1 Å². The molecule has 0 bridgehead atoms. The van der Waals surface area contributed by atoms with E-state index in [1.54, 1.807) is 12.1 Å². The maximum absolute atomic E-state index is 13.5. The highest BCUT2D eigenvalue weighted by atomic mass is 19.1. The van der Waals surface area contributed by atoms with E-state index in [4.69, 9.17) is 0 Å². The third kappa shape index (κ3) is 3.65. The number of ketones is 1. The van der Waals surface area contributed by atoms with E-state index in [1.807, 2.05) is 38.1 Å². The minimum atomic E-state index is -0.624. The second kappa shape index (κ2) is 7.74. The summed E-state index contributed by atoms with van der Waals surface area (Å²) in [6.45, 7) is 3.77. The van der Waals surface area contributed by atoms with Gasteiger partial charge in [0.1, 0.15) is 5.82 Å². The maximum Gasteiger partial charge on any atom is 0.234 e. The van der Waals surface area contributed by atoms with Crippen molar-refractivity contribution in [2.45, 2.75) is 39.0 Å². The van der Waals surface area contributed by atoms with Crippen molar-refractivity contribution in [3.8, 4) is 0 Å². The predicted octanol–water partition coefficient (Wildman–Crippen LogP) is 4.95. The summed E-state index contributed by atoms with van der Waals surface area (Å²) in [6.07, 6.45) is 1.95. The molecule has 0 fully saturated rings. The zero-order chi connectivity index (χ0) is 20.5. The van der Waals surface area contributed by atoms with Crippen LogP contribution in [0.5, 0.6) is 0 Å². The van der Waals surface area contributed by atoms with Crippen molar-refractivity contribution in [2.75, 3.05) is 5.32 Å². The second-order valence-corrected chi connectivity index (χ2v) is 7.70. The molecule has 0 saturated carbocycles. The number of nitrogens with zero attached hydrogens (tertiary/aromatic N) is 1. The topological polar surface area (TPSA) is 58.5 Å². The van der Waals surface area contributed by atoms with Crippen LogP contribution in [0.1, 0.15) is 43.2 Å². The van der Waals surface area contributed by atoms with E-state index in [0.29, 0.717) is 17.7 Å². The van der Waals surface area contributed by atoms with Gasteiger partial charge in [0.05, 0.1) is 5.92 Å². The zero-order valence-corrected chi connectivity index (χ0v) is 16.5. The summed E-state index contributed by atoms with van der Waals surface area (Å²) in [6, 6.07) is 13.6. The van der Waals surface area contributed by atoms with Crippen LogP contribution in [-0.2, 0) is 9.59 Å². The fourth-order valence-corrected chi connectivity index (χ4v) is 4.30. The highest BCUT2D eigenvalue weighted by molar-refractivity contribution is 6.13. The van der Waals surface area contributed by atoms with Crippen LogP contribution in [0, 0.1) is 18.7 Å². The molecule has 2 aliphatic rings. The molecule has 148 valence electrons. The number of para-hydroxylation sites is 1. The summed E-state index contributed by atoms with van der Waals surface area (Å²) in [4.78, 5) is 30.9. The second-order valence-electron chi connectivity index (χ2n) is 7.70. The number of anilines is 1. The number of carbonyl (C=O) groups is 2. The Bertz CT molecular complexity index is 1040. The smallest absolute Gasteiger partial charge is 0.234 e. The summed E-state index contributed by atoms with van der Waals surface area (Å²) in [5.41, 5.74) is 4.51. The van der Waals surface area contributed by atoms with Crippen molar-refractivity contribution in [3.63, 3.8) is 0 Å².